The van der Waals surface area contributed by atoms with Gasteiger partial charge in [-0.15, -0.1) is 0 Å². The molecular formula is C26H22N2O3. The molecule has 3 aromatic carbocycles. The summed E-state index contributed by atoms with van der Waals surface area (Å²) in [5, 5.41) is 2.94. The Morgan fingerprint density at radius 2 is 1.55 bits per heavy atom. The molecule has 31 heavy (non-hydrogen) atoms. The van der Waals surface area contributed by atoms with E-state index in [0.717, 1.165) is 16.2 Å². The number of hydrogen-bond donors (Lipinski definition) is 0. The monoisotopic (exact) mass is 410 g/mol. The number of carbonyl (C=O) groups excluding carboxylic acids is 2. The summed E-state index contributed by atoms with van der Waals surface area (Å²) in [4.78, 5) is 32.1. The molecule has 5 nitrogen and oxygen atoms in total. The first-order chi connectivity index (χ1) is 15.2. The summed E-state index contributed by atoms with van der Waals surface area (Å²) >= 11 is 0. The van der Waals surface area contributed by atoms with Crippen LogP contribution < -0.4 is 4.74 Å². The van der Waals surface area contributed by atoms with Gasteiger partial charge in [-0.1, -0.05) is 54.6 Å². The minimum absolute atomic E-state index is 0.0156. The van der Waals surface area contributed by atoms with Crippen molar-refractivity contribution >= 4 is 33.6 Å². The molecule has 5 rings (SSSR count). The molecule has 2 heterocycles. The number of amides is 1. The van der Waals surface area contributed by atoms with Crippen LogP contribution in [0.15, 0.2) is 79.0 Å². The lowest BCUT2D eigenvalue weighted by Crippen LogP contribution is -2.41. The molecule has 1 fully saturated rings. The zero-order valence-electron chi connectivity index (χ0n) is 17.0. The van der Waals surface area contributed by atoms with E-state index in [-0.39, 0.29) is 17.8 Å². The van der Waals surface area contributed by atoms with Crippen LogP contribution in [0.4, 0.5) is 0 Å². The molecular weight excluding hydrogens is 388 g/mol. The summed E-state index contributed by atoms with van der Waals surface area (Å²) in [6, 6.07) is 23.1. The Labute approximate surface area is 180 Å². The lowest BCUT2D eigenvalue weighted by Gasteiger charge is -2.31. The van der Waals surface area contributed by atoms with Gasteiger partial charge in [0.05, 0.1) is 5.92 Å². The van der Waals surface area contributed by atoms with Gasteiger partial charge in [-0.25, -0.2) is 0 Å². The van der Waals surface area contributed by atoms with Gasteiger partial charge in [-0.3, -0.25) is 14.6 Å². The maximum Gasteiger partial charge on any atom is 0.314 e. The molecule has 0 radical (unpaired) electrons. The van der Waals surface area contributed by atoms with Crippen molar-refractivity contribution in [2.24, 2.45) is 5.92 Å². The Bertz CT molecular complexity index is 1270. The number of carbonyl (C=O) groups is 2. The highest BCUT2D eigenvalue weighted by molar-refractivity contribution is 6.07. The second-order valence-electron chi connectivity index (χ2n) is 7.85. The fraction of sp³-hybridized carbons (Fsp3) is 0.192. The van der Waals surface area contributed by atoms with Crippen LogP contribution in [0.3, 0.4) is 0 Å². The Balaban J connectivity index is 1.27. The van der Waals surface area contributed by atoms with E-state index in [1.165, 1.54) is 0 Å². The molecule has 5 heteroatoms. The van der Waals surface area contributed by atoms with Gasteiger partial charge in [-0.05, 0) is 41.8 Å². The minimum Gasteiger partial charge on any atom is -0.424 e. The van der Waals surface area contributed by atoms with E-state index in [0.29, 0.717) is 42.8 Å². The van der Waals surface area contributed by atoms with Gasteiger partial charge in [0.15, 0.2) is 5.75 Å². The zero-order valence-corrected chi connectivity index (χ0v) is 17.0. The van der Waals surface area contributed by atoms with Gasteiger partial charge in [0.25, 0.3) is 5.91 Å². The number of para-hydroxylation sites is 1. The summed E-state index contributed by atoms with van der Waals surface area (Å²) in [5.41, 5.74) is 1.39. The molecule has 1 aliphatic heterocycles. The van der Waals surface area contributed by atoms with Crippen molar-refractivity contribution in [3.63, 3.8) is 0 Å². The van der Waals surface area contributed by atoms with Gasteiger partial charge in [-0.2, -0.15) is 0 Å². The number of esters is 1. The van der Waals surface area contributed by atoms with E-state index in [9.17, 15) is 9.59 Å². The molecule has 1 saturated heterocycles. The minimum atomic E-state index is -0.254. The fourth-order valence-electron chi connectivity index (χ4n) is 4.25. The number of rotatable bonds is 3. The molecule has 0 N–H and O–H groups in total. The molecule has 0 saturated carbocycles. The number of aromatic nitrogens is 1. The molecule has 154 valence electrons. The van der Waals surface area contributed by atoms with Crippen molar-refractivity contribution in [3.8, 4) is 5.75 Å². The third-order valence-corrected chi connectivity index (χ3v) is 5.94. The van der Waals surface area contributed by atoms with Crippen LogP contribution in [0, 0.1) is 5.92 Å². The Kier molecular flexibility index (Phi) is 5.08. The lowest BCUT2D eigenvalue weighted by atomic mass is 9.95. The Hall–Kier alpha value is -3.73. The average molecular weight is 410 g/mol. The molecule has 1 amide bonds. The van der Waals surface area contributed by atoms with Crippen molar-refractivity contribution in [2.75, 3.05) is 13.1 Å². The number of nitrogens with zero attached hydrogens (tertiary/aromatic N) is 2. The normalized spacial score (nSPS) is 14.6. The highest BCUT2D eigenvalue weighted by Gasteiger charge is 2.30. The summed E-state index contributed by atoms with van der Waals surface area (Å²) in [6.07, 6.45) is 2.87. The van der Waals surface area contributed by atoms with Crippen LogP contribution >= 0.6 is 0 Å². The predicted molar refractivity (Wildman–Crippen MR) is 120 cm³/mol. The highest BCUT2D eigenvalue weighted by Crippen LogP contribution is 2.27. The first kappa shape index (κ1) is 19.2. The third kappa shape index (κ3) is 3.75. The molecule has 0 bridgehead atoms. The maximum atomic E-state index is 13.1. The summed E-state index contributed by atoms with van der Waals surface area (Å²) in [7, 11) is 0. The molecule has 1 aromatic heterocycles. The van der Waals surface area contributed by atoms with Crippen LogP contribution in [0.1, 0.15) is 23.2 Å². The molecule has 0 spiro atoms. The number of benzene rings is 3. The van der Waals surface area contributed by atoms with E-state index in [2.05, 4.69) is 4.98 Å². The van der Waals surface area contributed by atoms with Crippen molar-refractivity contribution in [1.82, 2.24) is 9.88 Å². The smallest absolute Gasteiger partial charge is 0.314 e. The second kappa shape index (κ2) is 8.19. The quantitative estimate of drug-likeness (QED) is 0.358. The second-order valence-corrected chi connectivity index (χ2v) is 7.85. The molecule has 1 aliphatic rings. The van der Waals surface area contributed by atoms with E-state index in [1.54, 1.807) is 12.3 Å². The maximum absolute atomic E-state index is 13.1. The van der Waals surface area contributed by atoms with Gasteiger partial charge in [0.2, 0.25) is 0 Å². The molecule has 4 aromatic rings. The summed E-state index contributed by atoms with van der Waals surface area (Å²) in [6.45, 7) is 1.07. The van der Waals surface area contributed by atoms with Crippen molar-refractivity contribution < 1.29 is 14.3 Å². The van der Waals surface area contributed by atoms with Crippen LogP contribution in [-0.4, -0.2) is 34.8 Å². The summed E-state index contributed by atoms with van der Waals surface area (Å²) in [5.74, 6) is 0.0187. The SMILES string of the molecule is O=C(Oc1cccc2cccnc12)C1CCN(C(=O)c2cccc3ccccc23)CC1. The largest absolute Gasteiger partial charge is 0.424 e. The van der Waals surface area contributed by atoms with Crippen molar-refractivity contribution in [1.29, 1.82) is 0 Å². The predicted octanol–water partition coefficient (Wildman–Crippen LogP) is 4.85. The highest BCUT2D eigenvalue weighted by atomic mass is 16.5. The number of piperidine rings is 1. The standard InChI is InChI=1S/C26H22N2O3/c29-25(22-11-3-7-18-6-1-2-10-21(18)22)28-16-13-20(14-17-28)26(30)31-23-12-4-8-19-9-5-15-27-24(19)23/h1-12,15,20H,13-14,16-17H2. The number of likely N-dealkylation sites (tertiary alicyclic amines) is 1. The number of ether oxygens (including phenoxy) is 1. The first-order valence-corrected chi connectivity index (χ1v) is 10.5. The number of hydrogen-bond acceptors (Lipinski definition) is 4. The van der Waals surface area contributed by atoms with Crippen molar-refractivity contribution in [3.05, 3.63) is 84.6 Å². The Morgan fingerprint density at radius 1 is 0.839 bits per heavy atom. The topological polar surface area (TPSA) is 59.5 Å². The average Bonchev–Trinajstić information content (AvgIpc) is 2.83. The van der Waals surface area contributed by atoms with Crippen LogP contribution in [0.25, 0.3) is 21.7 Å². The van der Waals surface area contributed by atoms with Gasteiger partial charge >= 0.3 is 5.97 Å². The van der Waals surface area contributed by atoms with Crippen LogP contribution in [0.2, 0.25) is 0 Å². The van der Waals surface area contributed by atoms with Crippen molar-refractivity contribution in [2.45, 2.75) is 12.8 Å². The first-order valence-electron chi connectivity index (χ1n) is 10.5. The van der Waals surface area contributed by atoms with Crippen LogP contribution in [-0.2, 0) is 4.79 Å². The van der Waals surface area contributed by atoms with Gasteiger partial charge < -0.3 is 9.64 Å². The molecule has 0 unspecified atom stereocenters. The molecule has 0 atom stereocenters. The van der Waals surface area contributed by atoms with Crippen LogP contribution in [0.5, 0.6) is 5.75 Å². The number of fused-ring (bicyclic) bond motifs is 2. The zero-order chi connectivity index (χ0) is 21.2. The molecule has 0 aliphatic carbocycles. The van der Waals surface area contributed by atoms with E-state index in [1.807, 2.05) is 71.6 Å². The van der Waals surface area contributed by atoms with Gasteiger partial charge in [0.1, 0.15) is 5.52 Å². The van der Waals surface area contributed by atoms with E-state index < -0.39 is 0 Å². The lowest BCUT2D eigenvalue weighted by molar-refractivity contribution is -0.140. The summed E-state index contributed by atoms with van der Waals surface area (Å²) < 4.78 is 5.70. The number of pyridine rings is 1. The van der Waals surface area contributed by atoms with E-state index in [4.69, 9.17) is 4.74 Å². The Morgan fingerprint density at radius 3 is 2.42 bits per heavy atom. The fourth-order valence-corrected chi connectivity index (χ4v) is 4.25. The van der Waals surface area contributed by atoms with E-state index >= 15 is 0 Å². The third-order valence-electron chi connectivity index (χ3n) is 5.94. The van der Waals surface area contributed by atoms with Gasteiger partial charge in [0, 0.05) is 30.2 Å².